The molecule has 31 heavy (non-hydrogen) atoms. The molecule has 11 heteroatoms. The molecule has 0 radical (unpaired) electrons. The minimum Gasteiger partial charge on any atom is -0.494 e. The molecule has 0 fully saturated rings. The zero-order chi connectivity index (χ0) is 22.8. The monoisotopic (exact) mass is 453 g/mol. The Morgan fingerprint density at radius 1 is 1.16 bits per heavy atom. The summed E-state index contributed by atoms with van der Waals surface area (Å²) >= 11 is 0. The zero-order valence-electron chi connectivity index (χ0n) is 16.5. The van der Waals surface area contributed by atoms with Gasteiger partial charge in [0.25, 0.3) is 16.4 Å². The molecule has 3 rings (SSSR count). The molecule has 0 aliphatic heterocycles. The van der Waals surface area contributed by atoms with Crippen molar-refractivity contribution in [3.05, 3.63) is 60.0 Å². The summed E-state index contributed by atoms with van der Waals surface area (Å²) in [5.74, 6) is -1.35. The Bertz CT molecular complexity index is 1210. The predicted octanol–water partition coefficient (Wildman–Crippen LogP) is 3.84. The average molecular weight is 453 g/mol. The Morgan fingerprint density at radius 2 is 1.84 bits per heavy atom. The molecule has 1 N–H and O–H groups in total. The lowest BCUT2D eigenvalue weighted by Crippen LogP contribution is -2.29. The van der Waals surface area contributed by atoms with E-state index in [2.05, 4.69) is 5.10 Å². The first-order valence-corrected chi connectivity index (χ1v) is 10.5. The summed E-state index contributed by atoms with van der Waals surface area (Å²) in [5.41, 5.74) is 0.174. The predicted molar refractivity (Wildman–Crippen MR) is 106 cm³/mol. The van der Waals surface area contributed by atoms with Crippen molar-refractivity contribution < 1.29 is 31.1 Å². The van der Waals surface area contributed by atoms with Crippen molar-refractivity contribution in [2.24, 2.45) is 0 Å². The summed E-state index contributed by atoms with van der Waals surface area (Å²) in [5, 5.41) is 3.88. The Labute approximate surface area is 176 Å². The second-order valence-electron chi connectivity index (χ2n) is 6.39. The fourth-order valence-electron chi connectivity index (χ4n) is 2.78. The van der Waals surface area contributed by atoms with Crippen molar-refractivity contribution in [2.75, 3.05) is 7.11 Å². The van der Waals surface area contributed by atoms with Crippen LogP contribution in [-0.2, 0) is 14.8 Å². The number of rotatable bonds is 7. The van der Waals surface area contributed by atoms with E-state index < -0.39 is 33.9 Å². The third kappa shape index (κ3) is 4.71. The van der Waals surface area contributed by atoms with Crippen molar-refractivity contribution in [3.8, 4) is 22.7 Å². The number of ether oxygens (including phenoxy) is 1. The van der Waals surface area contributed by atoms with Crippen molar-refractivity contribution >= 4 is 15.9 Å². The molecule has 0 aliphatic rings. The van der Waals surface area contributed by atoms with Crippen LogP contribution < -0.4 is 9.46 Å². The Morgan fingerprint density at radius 3 is 2.39 bits per heavy atom. The molecular weight excluding hydrogens is 435 g/mol. The number of nitrogens with zero attached hydrogens (tertiary/aromatic N) is 2. The van der Waals surface area contributed by atoms with Crippen LogP contribution >= 0.6 is 0 Å². The van der Waals surface area contributed by atoms with Gasteiger partial charge >= 0.3 is 0 Å². The van der Waals surface area contributed by atoms with Gasteiger partial charge in [0.15, 0.2) is 11.6 Å². The summed E-state index contributed by atoms with van der Waals surface area (Å²) in [7, 11) is -2.77. The molecule has 164 valence electrons. The largest absolute Gasteiger partial charge is 0.494 e. The summed E-state index contributed by atoms with van der Waals surface area (Å²) in [6.45, 7) is 1.51. The number of hydrogen-bond acceptors (Lipinski definition) is 5. The van der Waals surface area contributed by atoms with Gasteiger partial charge in [-0.2, -0.15) is 5.10 Å². The SMILES string of the molecule is CCC(=O)NS(=O)(=O)c1ccc(-n2nc(C(F)F)cc2-c2ccc(OC)c(F)c2)cc1. The first kappa shape index (κ1) is 22.3. The lowest BCUT2D eigenvalue weighted by Gasteiger charge is -2.10. The summed E-state index contributed by atoms with van der Waals surface area (Å²) in [4.78, 5) is 11.2. The van der Waals surface area contributed by atoms with E-state index in [0.717, 1.165) is 16.8 Å². The molecule has 0 atom stereocenters. The summed E-state index contributed by atoms with van der Waals surface area (Å²) in [6, 6.07) is 10.2. The van der Waals surface area contributed by atoms with E-state index in [-0.39, 0.29) is 34.0 Å². The van der Waals surface area contributed by atoms with Gasteiger partial charge in [-0.25, -0.2) is 31.0 Å². The van der Waals surface area contributed by atoms with Crippen LogP contribution in [0.1, 0.15) is 25.5 Å². The van der Waals surface area contributed by atoms with E-state index in [9.17, 15) is 26.4 Å². The maximum Gasteiger partial charge on any atom is 0.282 e. The molecule has 1 heterocycles. The number of nitrogens with one attached hydrogen (secondary N) is 1. The van der Waals surface area contributed by atoms with Gasteiger partial charge in [-0.05, 0) is 48.5 Å². The molecule has 0 spiro atoms. The molecule has 0 aliphatic carbocycles. The number of halogens is 3. The number of alkyl halides is 2. The fourth-order valence-corrected chi connectivity index (χ4v) is 3.84. The zero-order valence-corrected chi connectivity index (χ0v) is 17.3. The van der Waals surface area contributed by atoms with Crippen LogP contribution in [0.4, 0.5) is 13.2 Å². The third-order valence-corrected chi connectivity index (χ3v) is 5.75. The van der Waals surface area contributed by atoms with Crippen LogP contribution in [0, 0.1) is 5.82 Å². The van der Waals surface area contributed by atoms with Crippen LogP contribution in [0.25, 0.3) is 16.9 Å². The van der Waals surface area contributed by atoms with Crippen molar-refractivity contribution in [1.82, 2.24) is 14.5 Å². The van der Waals surface area contributed by atoms with E-state index in [4.69, 9.17) is 4.74 Å². The fraction of sp³-hybridized carbons (Fsp3) is 0.200. The minimum atomic E-state index is -4.07. The number of hydrogen-bond donors (Lipinski definition) is 1. The molecule has 3 aromatic rings. The molecule has 1 amide bonds. The molecular formula is C20H18F3N3O4S. The second-order valence-corrected chi connectivity index (χ2v) is 8.07. The number of benzene rings is 2. The Hall–Kier alpha value is -3.34. The van der Waals surface area contributed by atoms with Crippen LogP contribution in [-0.4, -0.2) is 31.2 Å². The Balaban J connectivity index is 2.05. The highest BCUT2D eigenvalue weighted by Crippen LogP contribution is 2.31. The summed E-state index contributed by atoms with van der Waals surface area (Å²) < 4.78 is 73.1. The van der Waals surface area contributed by atoms with Gasteiger partial charge in [-0.15, -0.1) is 0 Å². The van der Waals surface area contributed by atoms with Crippen LogP contribution in [0.2, 0.25) is 0 Å². The third-order valence-electron chi connectivity index (χ3n) is 4.36. The van der Waals surface area contributed by atoms with E-state index in [1.807, 2.05) is 4.72 Å². The van der Waals surface area contributed by atoms with Crippen molar-refractivity contribution in [1.29, 1.82) is 0 Å². The number of aromatic nitrogens is 2. The molecule has 0 saturated heterocycles. The van der Waals surface area contributed by atoms with Gasteiger partial charge in [-0.3, -0.25) is 4.79 Å². The first-order chi connectivity index (χ1) is 14.7. The van der Waals surface area contributed by atoms with Gasteiger partial charge in [0.2, 0.25) is 5.91 Å². The standard InChI is InChI=1S/C20H18F3N3O4S/c1-3-19(27)25-31(28,29)14-7-5-13(6-8-14)26-17(11-16(24-26)20(22)23)12-4-9-18(30-2)15(21)10-12/h4-11,20H,3H2,1-2H3,(H,25,27). The number of sulfonamides is 1. The number of carbonyl (C=O) groups excluding carboxylic acids is 1. The van der Waals surface area contributed by atoms with Gasteiger partial charge in [0.1, 0.15) is 5.69 Å². The second kappa shape index (κ2) is 8.80. The normalized spacial score (nSPS) is 11.5. The van der Waals surface area contributed by atoms with Crippen LogP contribution in [0.15, 0.2) is 53.4 Å². The molecule has 0 bridgehead atoms. The van der Waals surface area contributed by atoms with E-state index in [1.54, 1.807) is 0 Å². The smallest absolute Gasteiger partial charge is 0.282 e. The average Bonchev–Trinajstić information content (AvgIpc) is 3.19. The molecule has 0 unspecified atom stereocenters. The van der Waals surface area contributed by atoms with Crippen molar-refractivity contribution in [3.63, 3.8) is 0 Å². The molecule has 7 nitrogen and oxygen atoms in total. The van der Waals surface area contributed by atoms with Crippen LogP contribution in [0.5, 0.6) is 5.75 Å². The van der Waals surface area contributed by atoms with Gasteiger partial charge in [-0.1, -0.05) is 6.92 Å². The van der Waals surface area contributed by atoms with E-state index >= 15 is 0 Å². The van der Waals surface area contributed by atoms with Crippen LogP contribution in [0.3, 0.4) is 0 Å². The lowest BCUT2D eigenvalue weighted by molar-refractivity contribution is -0.119. The van der Waals surface area contributed by atoms with Gasteiger partial charge in [0, 0.05) is 12.0 Å². The van der Waals surface area contributed by atoms with E-state index in [0.29, 0.717) is 0 Å². The Kier molecular flexibility index (Phi) is 6.34. The maximum absolute atomic E-state index is 14.1. The van der Waals surface area contributed by atoms with Gasteiger partial charge in [0.05, 0.1) is 23.4 Å². The number of amides is 1. The first-order valence-electron chi connectivity index (χ1n) is 9.04. The maximum atomic E-state index is 14.1. The highest BCUT2D eigenvalue weighted by molar-refractivity contribution is 7.90. The lowest BCUT2D eigenvalue weighted by atomic mass is 10.1. The quantitative estimate of drug-likeness (QED) is 0.587. The van der Waals surface area contributed by atoms with Crippen molar-refractivity contribution in [2.45, 2.75) is 24.7 Å². The summed E-state index contributed by atoms with van der Waals surface area (Å²) in [6.07, 6.45) is -2.88. The topological polar surface area (TPSA) is 90.3 Å². The number of carbonyl (C=O) groups is 1. The molecule has 2 aromatic carbocycles. The number of methoxy groups -OCH3 is 1. The highest BCUT2D eigenvalue weighted by Gasteiger charge is 2.20. The highest BCUT2D eigenvalue weighted by atomic mass is 32.2. The molecule has 0 saturated carbocycles. The molecule has 1 aromatic heterocycles. The minimum absolute atomic E-state index is 0.00687. The van der Waals surface area contributed by atoms with Gasteiger partial charge < -0.3 is 4.74 Å². The van der Waals surface area contributed by atoms with E-state index in [1.165, 1.54) is 50.4 Å².